The fourth-order valence-electron chi connectivity index (χ4n) is 3.02. The molecule has 0 saturated heterocycles. The van der Waals surface area contributed by atoms with Crippen molar-refractivity contribution >= 4 is 33.4 Å². The second-order valence-corrected chi connectivity index (χ2v) is 7.02. The number of anilines is 1. The zero-order chi connectivity index (χ0) is 19.6. The van der Waals surface area contributed by atoms with Crippen molar-refractivity contribution in [2.75, 3.05) is 5.32 Å². The highest BCUT2D eigenvalue weighted by Gasteiger charge is 2.17. The zero-order valence-electron chi connectivity index (χ0n) is 15.0. The number of carbonyl (C=O) groups excluding carboxylic acids is 1. The number of carbonyl (C=O) groups is 1. The van der Waals surface area contributed by atoms with Crippen LogP contribution in [0.15, 0.2) is 71.0 Å². The number of benzene rings is 1. The van der Waals surface area contributed by atoms with Crippen LogP contribution in [0.1, 0.15) is 0 Å². The van der Waals surface area contributed by atoms with Crippen molar-refractivity contribution in [3.05, 3.63) is 66.6 Å². The quantitative estimate of drug-likeness (QED) is 0.479. The van der Waals surface area contributed by atoms with Crippen LogP contribution in [0.3, 0.4) is 0 Å². The molecule has 0 unspecified atom stereocenters. The molecule has 4 heterocycles. The van der Waals surface area contributed by atoms with Crippen molar-refractivity contribution in [2.24, 2.45) is 0 Å². The summed E-state index contributed by atoms with van der Waals surface area (Å²) in [5.74, 6) is 1.04. The number of nitrogens with zero attached hydrogens (tertiary/aromatic N) is 5. The molecular weight excluding hydrogens is 388 g/mol. The molecule has 142 valence electrons. The molecule has 0 aliphatic heterocycles. The summed E-state index contributed by atoms with van der Waals surface area (Å²) in [6.07, 6.45) is 6.42. The predicted molar refractivity (Wildman–Crippen MR) is 109 cm³/mol. The maximum absolute atomic E-state index is 12.8. The van der Waals surface area contributed by atoms with Crippen molar-refractivity contribution in [3.63, 3.8) is 0 Å². The summed E-state index contributed by atoms with van der Waals surface area (Å²) < 4.78 is 7.17. The van der Waals surface area contributed by atoms with E-state index in [1.54, 1.807) is 30.9 Å². The summed E-state index contributed by atoms with van der Waals surface area (Å²) in [7, 11) is 0. The highest BCUT2D eigenvalue weighted by molar-refractivity contribution is 7.14. The van der Waals surface area contributed by atoms with E-state index in [4.69, 9.17) is 4.42 Å². The van der Waals surface area contributed by atoms with Gasteiger partial charge in [-0.05, 0) is 24.3 Å². The highest BCUT2D eigenvalue weighted by Crippen LogP contribution is 2.26. The Bertz CT molecular complexity index is 1280. The van der Waals surface area contributed by atoms with Crippen LogP contribution in [-0.4, -0.2) is 30.4 Å². The number of hydrogen-bond donors (Lipinski definition) is 1. The molecular formula is C20H14N6O2S. The Hall–Kier alpha value is -3.85. The molecule has 1 N–H and O–H groups in total. The van der Waals surface area contributed by atoms with Gasteiger partial charge in [-0.2, -0.15) is 0 Å². The van der Waals surface area contributed by atoms with E-state index in [-0.39, 0.29) is 12.5 Å². The van der Waals surface area contributed by atoms with Gasteiger partial charge in [0.25, 0.3) is 0 Å². The molecule has 0 aliphatic carbocycles. The summed E-state index contributed by atoms with van der Waals surface area (Å²) in [6.45, 7) is 0.0715. The largest absolute Gasteiger partial charge is 0.463 e. The van der Waals surface area contributed by atoms with Crippen molar-refractivity contribution in [2.45, 2.75) is 6.54 Å². The van der Waals surface area contributed by atoms with Crippen LogP contribution in [0.4, 0.5) is 5.13 Å². The highest BCUT2D eigenvalue weighted by atomic mass is 32.1. The van der Waals surface area contributed by atoms with Gasteiger partial charge < -0.3 is 14.3 Å². The number of thiazole rings is 1. The molecule has 0 bridgehead atoms. The molecule has 5 aromatic rings. The minimum absolute atomic E-state index is 0.0715. The third-order valence-corrected chi connectivity index (χ3v) is 5.03. The fourth-order valence-corrected chi connectivity index (χ4v) is 3.73. The molecule has 0 radical (unpaired) electrons. The number of para-hydroxylation sites is 2. The Morgan fingerprint density at radius 2 is 2.03 bits per heavy atom. The average molecular weight is 402 g/mol. The monoisotopic (exact) mass is 402 g/mol. The molecule has 4 aromatic heterocycles. The lowest BCUT2D eigenvalue weighted by molar-refractivity contribution is -0.116. The molecule has 0 atom stereocenters. The number of furan rings is 1. The van der Waals surface area contributed by atoms with Crippen LogP contribution in [0.25, 0.3) is 34.0 Å². The van der Waals surface area contributed by atoms with Crippen molar-refractivity contribution < 1.29 is 9.21 Å². The topological polar surface area (TPSA) is 98.7 Å². The number of rotatable bonds is 5. The van der Waals surface area contributed by atoms with Crippen LogP contribution in [0.2, 0.25) is 0 Å². The van der Waals surface area contributed by atoms with Gasteiger partial charge in [-0.1, -0.05) is 12.1 Å². The smallest absolute Gasteiger partial charge is 0.246 e. The van der Waals surface area contributed by atoms with Crippen molar-refractivity contribution in [1.29, 1.82) is 0 Å². The second-order valence-electron chi connectivity index (χ2n) is 6.16. The van der Waals surface area contributed by atoms with E-state index < -0.39 is 0 Å². The van der Waals surface area contributed by atoms with Crippen molar-refractivity contribution in [3.8, 4) is 23.0 Å². The summed E-state index contributed by atoms with van der Waals surface area (Å²) in [6, 6.07) is 11.3. The third kappa shape index (κ3) is 3.39. The number of imidazole rings is 1. The molecule has 0 saturated carbocycles. The van der Waals surface area contributed by atoms with Gasteiger partial charge in [0.15, 0.2) is 16.7 Å². The van der Waals surface area contributed by atoms with Gasteiger partial charge in [-0.15, -0.1) is 11.3 Å². The number of aromatic nitrogens is 5. The van der Waals surface area contributed by atoms with Gasteiger partial charge in [-0.25, -0.2) is 15.0 Å². The first-order valence-corrected chi connectivity index (χ1v) is 9.67. The van der Waals surface area contributed by atoms with Crippen molar-refractivity contribution in [1.82, 2.24) is 24.5 Å². The van der Waals surface area contributed by atoms with Gasteiger partial charge in [0.1, 0.15) is 17.9 Å². The maximum atomic E-state index is 12.8. The normalized spacial score (nSPS) is 11.0. The molecule has 9 heteroatoms. The van der Waals surface area contributed by atoms with Crippen LogP contribution in [0, 0.1) is 0 Å². The van der Waals surface area contributed by atoms with Gasteiger partial charge in [0.05, 0.1) is 23.5 Å². The molecule has 0 aliphatic rings. The molecule has 8 nitrogen and oxygen atoms in total. The fraction of sp³-hybridized carbons (Fsp3) is 0.0500. The van der Waals surface area contributed by atoms with Crippen LogP contribution >= 0.6 is 11.3 Å². The number of hydrogen-bond acceptors (Lipinski definition) is 7. The van der Waals surface area contributed by atoms with Gasteiger partial charge in [0, 0.05) is 17.8 Å². The molecule has 0 spiro atoms. The van der Waals surface area contributed by atoms with E-state index >= 15 is 0 Å². The minimum Gasteiger partial charge on any atom is -0.463 e. The van der Waals surface area contributed by atoms with E-state index in [2.05, 4.69) is 25.3 Å². The number of nitrogens with one attached hydrogen (secondary N) is 1. The lowest BCUT2D eigenvalue weighted by Gasteiger charge is -2.08. The first kappa shape index (κ1) is 17.3. The minimum atomic E-state index is -0.210. The Balaban J connectivity index is 1.43. The van der Waals surface area contributed by atoms with E-state index in [0.717, 1.165) is 11.0 Å². The molecule has 1 amide bonds. The summed E-state index contributed by atoms with van der Waals surface area (Å²) in [4.78, 5) is 30.2. The second kappa shape index (κ2) is 7.28. The first-order valence-electron chi connectivity index (χ1n) is 8.79. The molecule has 0 fully saturated rings. The third-order valence-electron chi connectivity index (χ3n) is 4.27. The summed E-state index contributed by atoms with van der Waals surface area (Å²) in [5, 5.41) is 5.19. The van der Waals surface area contributed by atoms with Crippen LogP contribution < -0.4 is 5.32 Å². The predicted octanol–water partition coefficient (Wildman–Crippen LogP) is 3.85. The van der Waals surface area contributed by atoms with E-state index in [9.17, 15) is 4.79 Å². The van der Waals surface area contributed by atoms with Gasteiger partial charge >= 0.3 is 0 Å². The summed E-state index contributed by atoms with van der Waals surface area (Å²) >= 11 is 1.34. The first-order chi connectivity index (χ1) is 14.3. The average Bonchev–Trinajstić information content (AvgIpc) is 3.49. The summed E-state index contributed by atoms with van der Waals surface area (Å²) in [5.41, 5.74) is 2.92. The van der Waals surface area contributed by atoms with Gasteiger partial charge in [-0.3, -0.25) is 9.78 Å². The van der Waals surface area contributed by atoms with Gasteiger partial charge in [0.2, 0.25) is 5.91 Å². The van der Waals surface area contributed by atoms with E-state index in [1.807, 2.05) is 40.3 Å². The number of amides is 1. The SMILES string of the molecule is O=C(Cn1c(-c2cnccn2)nc2ccccc21)Nc1nc(-c2ccco2)cs1. The van der Waals surface area contributed by atoms with E-state index in [0.29, 0.717) is 28.1 Å². The van der Waals surface area contributed by atoms with Crippen LogP contribution in [-0.2, 0) is 11.3 Å². The molecule has 1 aromatic carbocycles. The maximum Gasteiger partial charge on any atom is 0.246 e. The Morgan fingerprint density at radius 3 is 2.86 bits per heavy atom. The standard InChI is InChI=1S/C20H14N6O2S/c27-18(25-20-24-15(12-29-20)17-6-3-9-28-17)11-26-16-5-2-1-4-13(16)23-19(26)14-10-21-7-8-22-14/h1-10,12H,11H2,(H,24,25,27). The Morgan fingerprint density at radius 1 is 1.10 bits per heavy atom. The van der Waals surface area contributed by atoms with E-state index in [1.165, 1.54) is 11.3 Å². The molecule has 5 rings (SSSR count). The van der Waals surface area contributed by atoms with Crippen LogP contribution in [0.5, 0.6) is 0 Å². The zero-order valence-corrected chi connectivity index (χ0v) is 15.8. The number of fused-ring (bicyclic) bond motifs is 1. The lowest BCUT2D eigenvalue weighted by atomic mass is 10.3. The Kier molecular flexibility index (Phi) is 4.34. The Labute approximate surface area is 168 Å². The lowest BCUT2D eigenvalue weighted by Crippen LogP contribution is -2.19. The molecule has 29 heavy (non-hydrogen) atoms.